The van der Waals surface area contributed by atoms with Gasteiger partial charge in [-0.15, -0.1) is 0 Å². The van der Waals surface area contributed by atoms with Crippen molar-refractivity contribution < 1.29 is 9.90 Å². The number of nitrogens with one attached hydrogen (secondary N) is 3. The Morgan fingerprint density at radius 3 is 2.52 bits per heavy atom. The van der Waals surface area contributed by atoms with Crippen LogP contribution in [-0.4, -0.2) is 43.2 Å². The van der Waals surface area contributed by atoms with Crippen LogP contribution in [0.5, 0.6) is 0 Å². The molecule has 1 amide bonds. The number of hydrogen-bond donors (Lipinski definition) is 4. The molecule has 0 spiro atoms. The van der Waals surface area contributed by atoms with Crippen LogP contribution in [-0.2, 0) is 6.54 Å². The fourth-order valence-corrected chi connectivity index (χ4v) is 2.87. The highest BCUT2D eigenvalue weighted by Gasteiger charge is 2.12. The van der Waals surface area contributed by atoms with E-state index in [1.807, 2.05) is 68.4 Å². The van der Waals surface area contributed by atoms with E-state index in [1.54, 1.807) is 7.05 Å². The number of aliphatic hydroxyl groups excluding tert-OH is 1. The Kier molecular flexibility index (Phi) is 9.18. The van der Waals surface area contributed by atoms with Crippen LogP contribution in [0.15, 0.2) is 59.6 Å². The molecule has 0 heterocycles. The van der Waals surface area contributed by atoms with Gasteiger partial charge in [-0.3, -0.25) is 9.79 Å². The third-order valence-corrected chi connectivity index (χ3v) is 4.87. The average molecular weight is 397 g/mol. The molecule has 0 aliphatic rings. The number of benzene rings is 2. The molecule has 2 unspecified atom stereocenters. The molecule has 2 aromatic carbocycles. The van der Waals surface area contributed by atoms with E-state index < -0.39 is 0 Å². The SMILES string of the molecule is CCC(C)NC(=O)c1cccc(CNC(=NC)NCC(CO)c2ccccc2)c1. The van der Waals surface area contributed by atoms with Crippen LogP contribution in [0.2, 0.25) is 0 Å². The monoisotopic (exact) mass is 396 g/mol. The van der Waals surface area contributed by atoms with Crippen molar-refractivity contribution in [2.75, 3.05) is 20.2 Å². The summed E-state index contributed by atoms with van der Waals surface area (Å²) >= 11 is 0. The molecular formula is C23H32N4O2. The molecule has 0 fully saturated rings. The van der Waals surface area contributed by atoms with Crippen LogP contribution < -0.4 is 16.0 Å². The summed E-state index contributed by atoms with van der Waals surface area (Å²) in [4.78, 5) is 16.6. The first kappa shape index (κ1) is 22.4. The molecule has 2 atom stereocenters. The first-order valence-electron chi connectivity index (χ1n) is 10.1. The summed E-state index contributed by atoms with van der Waals surface area (Å²) in [6, 6.07) is 17.6. The van der Waals surface area contributed by atoms with Gasteiger partial charge in [0.25, 0.3) is 5.91 Å². The molecule has 6 nitrogen and oxygen atoms in total. The van der Waals surface area contributed by atoms with Crippen molar-refractivity contribution in [2.45, 2.75) is 38.8 Å². The zero-order valence-electron chi connectivity index (χ0n) is 17.5. The second-order valence-corrected chi connectivity index (χ2v) is 7.08. The predicted molar refractivity (Wildman–Crippen MR) is 118 cm³/mol. The number of aliphatic hydroxyl groups is 1. The molecule has 0 aromatic heterocycles. The lowest BCUT2D eigenvalue weighted by Crippen LogP contribution is -2.39. The smallest absolute Gasteiger partial charge is 0.251 e. The molecule has 0 aliphatic heterocycles. The first-order chi connectivity index (χ1) is 14.1. The van der Waals surface area contributed by atoms with Gasteiger partial charge < -0.3 is 21.1 Å². The van der Waals surface area contributed by atoms with Gasteiger partial charge in [0.15, 0.2) is 5.96 Å². The van der Waals surface area contributed by atoms with Gasteiger partial charge in [0.2, 0.25) is 0 Å². The quantitative estimate of drug-likeness (QED) is 0.388. The molecule has 6 heteroatoms. The van der Waals surface area contributed by atoms with Crippen molar-refractivity contribution in [1.29, 1.82) is 0 Å². The summed E-state index contributed by atoms with van der Waals surface area (Å²) in [6.07, 6.45) is 0.896. The first-order valence-corrected chi connectivity index (χ1v) is 10.1. The Bertz CT molecular complexity index is 792. The van der Waals surface area contributed by atoms with Crippen molar-refractivity contribution in [3.8, 4) is 0 Å². The normalized spacial score (nSPS) is 13.4. The Morgan fingerprint density at radius 1 is 1.10 bits per heavy atom. The average Bonchev–Trinajstić information content (AvgIpc) is 2.77. The maximum atomic E-state index is 12.3. The minimum Gasteiger partial charge on any atom is -0.396 e. The molecule has 2 rings (SSSR count). The van der Waals surface area contributed by atoms with Gasteiger partial charge in [-0.1, -0.05) is 49.4 Å². The number of hydrogen-bond acceptors (Lipinski definition) is 3. The van der Waals surface area contributed by atoms with E-state index in [9.17, 15) is 9.90 Å². The largest absolute Gasteiger partial charge is 0.396 e. The maximum Gasteiger partial charge on any atom is 0.251 e. The zero-order valence-corrected chi connectivity index (χ0v) is 17.5. The van der Waals surface area contributed by atoms with Gasteiger partial charge >= 0.3 is 0 Å². The van der Waals surface area contributed by atoms with Crippen molar-refractivity contribution in [3.63, 3.8) is 0 Å². The Hall–Kier alpha value is -2.86. The van der Waals surface area contributed by atoms with Crippen molar-refractivity contribution in [3.05, 3.63) is 71.3 Å². The predicted octanol–water partition coefficient (Wildman–Crippen LogP) is 2.66. The van der Waals surface area contributed by atoms with E-state index in [1.165, 1.54) is 0 Å². The highest BCUT2D eigenvalue weighted by molar-refractivity contribution is 5.94. The lowest BCUT2D eigenvalue weighted by Gasteiger charge is -2.18. The summed E-state index contributed by atoms with van der Waals surface area (Å²) in [5.41, 5.74) is 2.72. The summed E-state index contributed by atoms with van der Waals surface area (Å²) in [5.74, 6) is 0.577. The standard InChI is InChI=1S/C23H32N4O2/c1-4-17(2)27-22(29)20-12-8-9-18(13-20)14-25-23(24-3)26-15-21(16-28)19-10-6-5-7-11-19/h5-13,17,21,28H,4,14-16H2,1-3H3,(H,27,29)(H2,24,25,26). The van der Waals surface area contributed by atoms with Crippen LogP contribution in [0.1, 0.15) is 47.7 Å². The van der Waals surface area contributed by atoms with Crippen LogP contribution in [0.25, 0.3) is 0 Å². The van der Waals surface area contributed by atoms with Gasteiger partial charge in [0.05, 0.1) is 6.61 Å². The van der Waals surface area contributed by atoms with Crippen molar-refractivity contribution in [1.82, 2.24) is 16.0 Å². The zero-order chi connectivity index (χ0) is 21.1. The van der Waals surface area contributed by atoms with E-state index in [0.29, 0.717) is 24.6 Å². The minimum atomic E-state index is -0.0580. The number of carbonyl (C=O) groups excluding carboxylic acids is 1. The number of amides is 1. The molecule has 0 bridgehead atoms. The van der Waals surface area contributed by atoms with Crippen LogP contribution >= 0.6 is 0 Å². The Labute approximate surface area is 173 Å². The van der Waals surface area contributed by atoms with Gasteiger partial charge in [0, 0.05) is 37.7 Å². The third-order valence-electron chi connectivity index (χ3n) is 4.87. The number of aliphatic imine (C=N–C) groups is 1. The number of guanidine groups is 1. The summed E-state index contributed by atoms with van der Waals surface area (Å²) < 4.78 is 0. The molecule has 0 radical (unpaired) electrons. The second-order valence-electron chi connectivity index (χ2n) is 7.08. The van der Waals surface area contributed by atoms with E-state index in [2.05, 4.69) is 20.9 Å². The summed E-state index contributed by atoms with van der Waals surface area (Å²) in [5, 5.41) is 19.2. The molecular weight excluding hydrogens is 364 g/mol. The molecule has 0 saturated carbocycles. The molecule has 2 aromatic rings. The van der Waals surface area contributed by atoms with Crippen molar-refractivity contribution in [2.24, 2.45) is 4.99 Å². The lowest BCUT2D eigenvalue weighted by atomic mass is 10.0. The highest BCUT2D eigenvalue weighted by Crippen LogP contribution is 2.13. The number of rotatable bonds is 9. The van der Waals surface area contributed by atoms with E-state index in [4.69, 9.17) is 0 Å². The van der Waals surface area contributed by atoms with Gasteiger partial charge in [-0.2, -0.15) is 0 Å². The molecule has 0 saturated heterocycles. The fourth-order valence-electron chi connectivity index (χ4n) is 2.87. The van der Waals surface area contributed by atoms with E-state index in [0.717, 1.165) is 17.5 Å². The number of carbonyl (C=O) groups is 1. The topological polar surface area (TPSA) is 85.8 Å². The molecule has 156 valence electrons. The van der Waals surface area contributed by atoms with Gasteiger partial charge in [0.1, 0.15) is 0 Å². The Morgan fingerprint density at radius 2 is 1.86 bits per heavy atom. The van der Waals surface area contributed by atoms with E-state index in [-0.39, 0.29) is 24.5 Å². The number of nitrogens with zero attached hydrogens (tertiary/aromatic N) is 1. The summed E-state index contributed by atoms with van der Waals surface area (Å²) in [6.45, 7) is 5.20. The van der Waals surface area contributed by atoms with Crippen LogP contribution in [0.3, 0.4) is 0 Å². The molecule has 29 heavy (non-hydrogen) atoms. The second kappa shape index (κ2) is 11.9. The summed E-state index contributed by atoms with van der Waals surface area (Å²) in [7, 11) is 1.71. The highest BCUT2D eigenvalue weighted by atomic mass is 16.3. The van der Waals surface area contributed by atoms with Gasteiger partial charge in [-0.05, 0) is 36.6 Å². The van der Waals surface area contributed by atoms with E-state index >= 15 is 0 Å². The molecule has 0 aliphatic carbocycles. The Balaban J connectivity index is 1.90. The third kappa shape index (κ3) is 7.23. The molecule has 4 N–H and O–H groups in total. The fraction of sp³-hybridized carbons (Fsp3) is 0.391. The van der Waals surface area contributed by atoms with Crippen LogP contribution in [0, 0.1) is 0 Å². The van der Waals surface area contributed by atoms with Crippen LogP contribution in [0.4, 0.5) is 0 Å². The lowest BCUT2D eigenvalue weighted by molar-refractivity contribution is 0.0939. The minimum absolute atomic E-state index is 0.0117. The maximum absolute atomic E-state index is 12.3. The van der Waals surface area contributed by atoms with Crippen molar-refractivity contribution >= 4 is 11.9 Å². The van der Waals surface area contributed by atoms with Gasteiger partial charge in [-0.25, -0.2) is 0 Å².